The third-order valence-corrected chi connectivity index (χ3v) is 4.27. The zero-order chi connectivity index (χ0) is 14.1. The number of nitrogens with one attached hydrogen (secondary N) is 1. The molecule has 0 amide bonds. The first-order valence-corrected chi connectivity index (χ1v) is 7.36. The van der Waals surface area contributed by atoms with E-state index in [9.17, 15) is 0 Å². The van der Waals surface area contributed by atoms with E-state index in [4.69, 9.17) is 27.7 Å². The summed E-state index contributed by atoms with van der Waals surface area (Å²) in [6, 6.07) is 5.43. The maximum Gasteiger partial charge on any atom is 0.231 e. The van der Waals surface area contributed by atoms with Crippen molar-refractivity contribution in [3.63, 3.8) is 0 Å². The van der Waals surface area contributed by atoms with E-state index in [2.05, 4.69) is 22.4 Å². The molecular formula is C14H15Cl2N3O. The first kappa shape index (κ1) is 13.9. The lowest BCUT2D eigenvalue weighted by Gasteiger charge is -2.07. The highest BCUT2D eigenvalue weighted by Crippen LogP contribution is 2.27. The molecule has 1 aromatic carbocycles. The van der Waals surface area contributed by atoms with Crippen LogP contribution in [0.1, 0.15) is 30.1 Å². The normalized spacial score (nSPS) is 22.4. The number of benzene rings is 1. The fourth-order valence-electron chi connectivity index (χ4n) is 2.47. The van der Waals surface area contributed by atoms with Gasteiger partial charge in [0.1, 0.15) is 0 Å². The van der Waals surface area contributed by atoms with Gasteiger partial charge in [0.2, 0.25) is 5.89 Å². The van der Waals surface area contributed by atoms with Crippen molar-refractivity contribution >= 4 is 23.2 Å². The van der Waals surface area contributed by atoms with Gasteiger partial charge in [0, 0.05) is 23.0 Å². The average Bonchev–Trinajstić information content (AvgIpc) is 3.01. The molecule has 0 unspecified atom stereocenters. The van der Waals surface area contributed by atoms with Crippen LogP contribution in [-0.2, 0) is 6.42 Å². The average molecular weight is 312 g/mol. The van der Waals surface area contributed by atoms with E-state index in [-0.39, 0.29) is 0 Å². The Hall–Kier alpha value is -1.10. The molecule has 2 atom stereocenters. The maximum absolute atomic E-state index is 6.16. The van der Waals surface area contributed by atoms with Gasteiger partial charge < -0.3 is 9.84 Å². The molecule has 1 saturated heterocycles. The molecule has 2 aromatic rings. The predicted octanol–water partition coefficient (Wildman–Crippen LogP) is 3.29. The molecular weight excluding hydrogens is 297 g/mol. The molecule has 1 aliphatic heterocycles. The summed E-state index contributed by atoms with van der Waals surface area (Å²) in [5.74, 6) is 2.19. The van der Waals surface area contributed by atoms with Crippen molar-refractivity contribution in [2.75, 3.05) is 13.1 Å². The Labute approximate surface area is 127 Å². The number of hydrogen-bond donors (Lipinski definition) is 1. The van der Waals surface area contributed by atoms with Crippen molar-refractivity contribution in [3.05, 3.63) is 45.5 Å². The zero-order valence-electron chi connectivity index (χ0n) is 11.1. The van der Waals surface area contributed by atoms with Gasteiger partial charge in [0.25, 0.3) is 0 Å². The fourth-order valence-corrected chi connectivity index (χ4v) is 2.94. The summed E-state index contributed by atoms with van der Waals surface area (Å²) in [6.45, 7) is 4.07. The van der Waals surface area contributed by atoms with Gasteiger partial charge in [-0.25, -0.2) is 0 Å². The summed E-state index contributed by atoms with van der Waals surface area (Å²) in [6.07, 6.45) is 0.550. The Kier molecular flexibility index (Phi) is 3.96. The van der Waals surface area contributed by atoms with Gasteiger partial charge in [-0.05, 0) is 30.2 Å². The second kappa shape index (κ2) is 5.72. The lowest BCUT2D eigenvalue weighted by atomic mass is 9.98. The number of nitrogens with zero attached hydrogens (tertiary/aromatic N) is 2. The second-order valence-corrected chi connectivity index (χ2v) is 6.05. The first-order valence-electron chi connectivity index (χ1n) is 6.60. The molecule has 20 heavy (non-hydrogen) atoms. The molecule has 1 aromatic heterocycles. The minimum atomic E-state index is 0.303. The molecule has 0 radical (unpaired) electrons. The van der Waals surface area contributed by atoms with Crippen molar-refractivity contribution in [3.8, 4) is 0 Å². The molecule has 0 bridgehead atoms. The number of rotatable bonds is 3. The van der Waals surface area contributed by atoms with E-state index >= 15 is 0 Å². The SMILES string of the molecule is C[C@@H]1CNC[C@H]1c1nc(Cc2ccc(Cl)cc2Cl)no1. The lowest BCUT2D eigenvalue weighted by Crippen LogP contribution is -2.08. The first-order chi connectivity index (χ1) is 9.63. The zero-order valence-corrected chi connectivity index (χ0v) is 12.6. The Balaban J connectivity index is 1.77. The highest BCUT2D eigenvalue weighted by atomic mass is 35.5. The van der Waals surface area contributed by atoms with E-state index in [1.165, 1.54) is 0 Å². The summed E-state index contributed by atoms with van der Waals surface area (Å²) in [5, 5.41) is 8.63. The summed E-state index contributed by atoms with van der Waals surface area (Å²) in [4.78, 5) is 4.49. The van der Waals surface area contributed by atoms with Crippen molar-refractivity contribution in [1.29, 1.82) is 0 Å². The molecule has 2 heterocycles. The maximum atomic E-state index is 6.16. The monoisotopic (exact) mass is 311 g/mol. The molecule has 4 nitrogen and oxygen atoms in total. The Morgan fingerprint density at radius 1 is 1.35 bits per heavy atom. The smallest absolute Gasteiger partial charge is 0.231 e. The topological polar surface area (TPSA) is 51.0 Å². The van der Waals surface area contributed by atoms with E-state index in [0.29, 0.717) is 40.0 Å². The fraction of sp³-hybridized carbons (Fsp3) is 0.429. The predicted molar refractivity (Wildman–Crippen MR) is 78.3 cm³/mol. The van der Waals surface area contributed by atoms with Gasteiger partial charge in [0.15, 0.2) is 5.82 Å². The quantitative estimate of drug-likeness (QED) is 0.945. The Morgan fingerprint density at radius 3 is 2.90 bits per heavy atom. The molecule has 1 N–H and O–H groups in total. The van der Waals surface area contributed by atoms with Crippen molar-refractivity contribution in [2.24, 2.45) is 5.92 Å². The summed E-state index contributed by atoms with van der Waals surface area (Å²) < 4.78 is 5.38. The largest absolute Gasteiger partial charge is 0.339 e. The Bertz CT molecular complexity index is 614. The summed E-state index contributed by atoms with van der Waals surface area (Å²) >= 11 is 12.0. The van der Waals surface area contributed by atoms with Gasteiger partial charge in [-0.3, -0.25) is 0 Å². The van der Waals surface area contributed by atoms with Gasteiger partial charge in [-0.1, -0.05) is 41.3 Å². The van der Waals surface area contributed by atoms with Crippen molar-refractivity contribution in [1.82, 2.24) is 15.5 Å². The third kappa shape index (κ3) is 2.82. The molecule has 6 heteroatoms. The highest BCUT2D eigenvalue weighted by molar-refractivity contribution is 6.35. The number of halogens is 2. The van der Waals surface area contributed by atoms with E-state index < -0.39 is 0 Å². The minimum absolute atomic E-state index is 0.303. The molecule has 3 rings (SSSR count). The van der Waals surface area contributed by atoms with Crippen LogP contribution >= 0.6 is 23.2 Å². The van der Waals surface area contributed by atoms with Crippen molar-refractivity contribution in [2.45, 2.75) is 19.3 Å². The standard InChI is InChI=1S/C14H15Cl2N3O/c1-8-6-17-7-11(8)14-18-13(19-20-14)4-9-2-3-10(15)5-12(9)16/h2-3,5,8,11,17H,4,6-7H2,1H3/t8-,11-/m1/s1. The van der Waals surface area contributed by atoms with Gasteiger partial charge in [-0.15, -0.1) is 0 Å². The van der Waals surface area contributed by atoms with Crippen LogP contribution in [0.15, 0.2) is 22.7 Å². The van der Waals surface area contributed by atoms with Crippen LogP contribution in [0, 0.1) is 5.92 Å². The molecule has 0 spiro atoms. The Morgan fingerprint density at radius 2 is 2.20 bits per heavy atom. The number of hydrogen-bond acceptors (Lipinski definition) is 4. The van der Waals surface area contributed by atoms with E-state index in [1.807, 2.05) is 12.1 Å². The second-order valence-electron chi connectivity index (χ2n) is 5.20. The van der Waals surface area contributed by atoms with Crippen LogP contribution < -0.4 is 5.32 Å². The minimum Gasteiger partial charge on any atom is -0.339 e. The van der Waals surface area contributed by atoms with Crippen LogP contribution in [0.3, 0.4) is 0 Å². The molecule has 1 fully saturated rings. The molecule has 0 saturated carbocycles. The molecule has 106 valence electrons. The van der Waals surface area contributed by atoms with Crippen LogP contribution in [0.25, 0.3) is 0 Å². The number of aromatic nitrogens is 2. The van der Waals surface area contributed by atoms with Gasteiger partial charge >= 0.3 is 0 Å². The van der Waals surface area contributed by atoms with E-state index in [0.717, 1.165) is 18.7 Å². The lowest BCUT2D eigenvalue weighted by molar-refractivity contribution is 0.337. The highest BCUT2D eigenvalue weighted by Gasteiger charge is 2.29. The third-order valence-electron chi connectivity index (χ3n) is 3.68. The van der Waals surface area contributed by atoms with Crippen molar-refractivity contribution < 1.29 is 4.52 Å². The molecule has 1 aliphatic rings. The van der Waals surface area contributed by atoms with Crippen LogP contribution in [0.4, 0.5) is 0 Å². The summed E-state index contributed by atoms with van der Waals surface area (Å²) in [5.41, 5.74) is 0.945. The summed E-state index contributed by atoms with van der Waals surface area (Å²) in [7, 11) is 0. The van der Waals surface area contributed by atoms with Gasteiger partial charge in [0.05, 0.1) is 5.92 Å². The molecule has 0 aliphatic carbocycles. The van der Waals surface area contributed by atoms with Crippen LogP contribution in [0.5, 0.6) is 0 Å². The van der Waals surface area contributed by atoms with Crippen LogP contribution in [0.2, 0.25) is 10.0 Å². The van der Waals surface area contributed by atoms with E-state index in [1.54, 1.807) is 6.07 Å². The van der Waals surface area contributed by atoms with Gasteiger partial charge in [-0.2, -0.15) is 4.98 Å². The van der Waals surface area contributed by atoms with Crippen LogP contribution in [-0.4, -0.2) is 23.2 Å².